The molecule has 0 atom stereocenters. The van der Waals surface area contributed by atoms with Crippen LogP contribution in [0.2, 0.25) is 0 Å². The number of imidazole rings is 1. The summed E-state index contributed by atoms with van der Waals surface area (Å²) in [6.07, 6.45) is -0.169. The van der Waals surface area contributed by atoms with Crippen LogP contribution < -0.4 is 15.8 Å². The van der Waals surface area contributed by atoms with Crippen LogP contribution in [0.1, 0.15) is 35.8 Å². The summed E-state index contributed by atoms with van der Waals surface area (Å²) in [6, 6.07) is 7.60. The average molecular weight is 374 g/mol. The van der Waals surface area contributed by atoms with E-state index >= 15 is 0 Å². The third-order valence-electron chi connectivity index (χ3n) is 4.20. The summed E-state index contributed by atoms with van der Waals surface area (Å²) in [5, 5.41) is 2.74. The van der Waals surface area contributed by atoms with Gasteiger partial charge in [0.1, 0.15) is 17.2 Å². The Kier molecular flexibility index (Phi) is 5.25. The number of methoxy groups -OCH3 is 1. The van der Waals surface area contributed by atoms with Gasteiger partial charge in [-0.3, -0.25) is 9.20 Å². The average Bonchev–Trinajstić information content (AvgIpc) is 3.02. The summed E-state index contributed by atoms with van der Waals surface area (Å²) in [4.78, 5) is 16.7. The molecule has 0 saturated carbocycles. The molecule has 6 nitrogen and oxygen atoms in total. The number of nitrogens with two attached hydrogens (primary N) is 1. The fourth-order valence-electron chi connectivity index (χ4n) is 2.86. The van der Waals surface area contributed by atoms with Crippen LogP contribution in [0.3, 0.4) is 0 Å². The van der Waals surface area contributed by atoms with Crippen LogP contribution in [0, 0.1) is 0 Å². The highest BCUT2D eigenvalue weighted by Gasteiger charge is 2.21. The van der Waals surface area contributed by atoms with Crippen molar-refractivity contribution in [2.24, 2.45) is 0 Å². The van der Waals surface area contributed by atoms with Gasteiger partial charge in [0.15, 0.2) is 5.69 Å². The third-order valence-corrected chi connectivity index (χ3v) is 4.20. The zero-order chi connectivity index (χ0) is 19.6. The van der Waals surface area contributed by atoms with Crippen LogP contribution in [-0.2, 0) is 0 Å². The van der Waals surface area contributed by atoms with Gasteiger partial charge in [0.2, 0.25) is 0 Å². The van der Waals surface area contributed by atoms with Crippen LogP contribution in [-0.4, -0.2) is 28.9 Å². The number of ether oxygens (including phenoxy) is 1. The second-order valence-corrected chi connectivity index (χ2v) is 5.98. The fourth-order valence-corrected chi connectivity index (χ4v) is 2.86. The van der Waals surface area contributed by atoms with Gasteiger partial charge in [-0.05, 0) is 36.8 Å². The molecule has 1 aromatic carbocycles. The molecule has 2 heterocycles. The minimum atomic E-state index is -2.62. The van der Waals surface area contributed by atoms with E-state index in [-0.39, 0.29) is 23.0 Å². The van der Waals surface area contributed by atoms with Crippen molar-refractivity contribution in [2.45, 2.75) is 19.8 Å². The summed E-state index contributed by atoms with van der Waals surface area (Å²) in [6.45, 7) is 2.44. The van der Waals surface area contributed by atoms with Crippen molar-refractivity contribution < 1.29 is 18.3 Å². The molecule has 0 bridgehead atoms. The maximum absolute atomic E-state index is 13.2. The first-order valence-electron chi connectivity index (χ1n) is 8.49. The van der Waals surface area contributed by atoms with Crippen molar-refractivity contribution in [3.8, 4) is 16.9 Å². The van der Waals surface area contributed by atoms with Crippen molar-refractivity contribution >= 4 is 17.4 Å². The van der Waals surface area contributed by atoms with Gasteiger partial charge in [-0.15, -0.1) is 0 Å². The lowest BCUT2D eigenvalue weighted by Gasteiger charge is -2.12. The van der Waals surface area contributed by atoms with Crippen LogP contribution in [0.5, 0.6) is 5.75 Å². The number of hydrogen-bond acceptors (Lipinski definition) is 4. The molecule has 2 aromatic heterocycles. The van der Waals surface area contributed by atoms with E-state index in [1.54, 1.807) is 22.7 Å². The third kappa shape index (κ3) is 3.42. The van der Waals surface area contributed by atoms with Crippen LogP contribution in [0.25, 0.3) is 16.8 Å². The molecule has 3 N–H and O–H groups in total. The lowest BCUT2D eigenvalue weighted by atomic mass is 10.0. The molecule has 3 aromatic rings. The Labute approximate surface area is 155 Å². The molecule has 0 aliphatic heterocycles. The van der Waals surface area contributed by atoms with Gasteiger partial charge in [0.25, 0.3) is 12.3 Å². The number of nitrogens with one attached hydrogen (secondary N) is 1. The maximum Gasteiger partial charge on any atom is 0.273 e. The Morgan fingerprint density at radius 2 is 2.11 bits per heavy atom. The van der Waals surface area contributed by atoms with E-state index < -0.39 is 6.43 Å². The Hall–Kier alpha value is -3.16. The van der Waals surface area contributed by atoms with Gasteiger partial charge in [-0.1, -0.05) is 6.92 Å². The number of nitrogen functional groups attached to an aromatic ring is 1. The number of carbonyl (C=O) groups excluding carboxylic acids is 1. The lowest BCUT2D eigenvalue weighted by Crippen LogP contribution is -2.25. The largest absolute Gasteiger partial charge is 0.496 e. The molecule has 0 unspecified atom stereocenters. The van der Waals surface area contributed by atoms with E-state index in [1.165, 1.54) is 25.3 Å². The molecule has 8 heteroatoms. The second kappa shape index (κ2) is 7.61. The van der Waals surface area contributed by atoms with Gasteiger partial charge in [-0.25, -0.2) is 13.8 Å². The number of aromatic nitrogens is 2. The van der Waals surface area contributed by atoms with E-state index in [0.717, 1.165) is 6.42 Å². The van der Waals surface area contributed by atoms with Gasteiger partial charge in [0.05, 0.1) is 7.11 Å². The quantitative estimate of drug-likeness (QED) is 0.690. The van der Waals surface area contributed by atoms with E-state index in [0.29, 0.717) is 29.1 Å². The highest BCUT2D eigenvalue weighted by atomic mass is 19.3. The van der Waals surface area contributed by atoms with Crippen LogP contribution >= 0.6 is 0 Å². The molecule has 0 saturated heterocycles. The van der Waals surface area contributed by atoms with E-state index in [4.69, 9.17) is 10.5 Å². The normalized spacial score (nSPS) is 11.1. The second-order valence-electron chi connectivity index (χ2n) is 5.98. The predicted octanol–water partition coefficient (Wildman–Crippen LogP) is 3.67. The van der Waals surface area contributed by atoms with Crippen molar-refractivity contribution in [1.29, 1.82) is 0 Å². The summed E-state index contributed by atoms with van der Waals surface area (Å²) in [7, 11) is 1.46. The van der Waals surface area contributed by atoms with Crippen molar-refractivity contribution in [3.63, 3.8) is 0 Å². The standard InChI is InChI=1S/C19H20F2N4O2/c1-3-8-23-19(26)15-17(22)25-9-4-5-12(18(25)24-15)13-10-11(16(20)21)6-7-14(13)27-2/h4-7,9-10,16H,3,8,22H2,1-2H3,(H,23,26). The molecule has 27 heavy (non-hydrogen) atoms. The molecule has 0 fully saturated rings. The van der Waals surface area contributed by atoms with E-state index in [9.17, 15) is 13.6 Å². The maximum atomic E-state index is 13.2. The topological polar surface area (TPSA) is 81.6 Å². The van der Waals surface area contributed by atoms with Crippen LogP contribution in [0.15, 0.2) is 36.5 Å². The molecular weight excluding hydrogens is 354 g/mol. The summed E-state index contributed by atoms with van der Waals surface area (Å²) in [5.74, 6) is 0.229. The van der Waals surface area contributed by atoms with Crippen molar-refractivity contribution in [3.05, 3.63) is 47.8 Å². The molecule has 142 valence electrons. The molecule has 1 amide bonds. The van der Waals surface area contributed by atoms with Gasteiger partial charge in [0, 0.05) is 29.4 Å². The van der Waals surface area contributed by atoms with Gasteiger partial charge in [-0.2, -0.15) is 0 Å². The summed E-state index contributed by atoms with van der Waals surface area (Å²) < 4.78 is 33.2. The van der Waals surface area contributed by atoms with Gasteiger partial charge >= 0.3 is 0 Å². The summed E-state index contributed by atoms with van der Waals surface area (Å²) >= 11 is 0. The van der Waals surface area contributed by atoms with Crippen LogP contribution in [0.4, 0.5) is 14.6 Å². The number of amides is 1. The smallest absolute Gasteiger partial charge is 0.273 e. The molecule has 3 rings (SSSR count). The van der Waals surface area contributed by atoms with Crippen molar-refractivity contribution in [2.75, 3.05) is 19.4 Å². The number of hydrogen-bond donors (Lipinski definition) is 2. The zero-order valence-corrected chi connectivity index (χ0v) is 15.0. The minimum absolute atomic E-state index is 0.0971. The minimum Gasteiger partial charge on any atom is -0.496 e. The first kappa shape index (κ1) is 18.6. The lowest BCUT2D eigenvalue weighted by molar-refractivity contribution is 0.0950. The Morgan fingerprint density at radius 3 is 2.78 bits per heavy atom. The van der Waals surface area contributed by atoms with E-state index in [1.807, 2.05) is 6.92 Å². The van der Waals surface area contributed by atoms with E-state index in [2.05, 4.69) is 10.3 Å². The predicted molar refractivity (Wildman–Crippen MR) is 99.2 cm³/mol. The Morgan fingerprint density at radius 1 is 1.33 bits per heavy atom. The molecule has 0 spiro atoms. The number of pyridine rings is 1. The highest BCUT2D eigenvalue weighted by molar-refractivity contribution is 5.99. The highest BCUT2D eigenvalue weighted by Crippen LogP contribution is 2.36. The molecule has 0 aliphatic carbocycles. The summed E-state index contributed by atoms with van der Waals surface area (Å²) in [5.41, 5.74) is 7.44. The monoisotopic (exact) mass is 374 g/mol. The number of nitrogens with zero attached hydrogens (tertiary/aromatic N) is 2. The SMILES string of the molecule is CCCNC(=O)c1nc2c(-c3cc(C(F)F)ccc3OC)cccn2c1N. The Balaban J connectivity index is 2.19. The van der Waals surface area contributed by atoms with Crippen molar-refractivity contribution in [1.82, 2.24) is 14.7 Å². The zero-order valence-electron chi connectivity index (χ0n) is 15.0. The fraction of sp³-hybridized carbons (Fsp3) is 0.263. The number of fused-ring (bicyclic) bond motifs is 1. The number of halogens is 2. The number of carbonyl (C=O) groups is 1. The molecular formula is C19H20F2N4O2. The number of rotatable bonds is 6. The molecule has 0 aliphatic rings. The Bertz CT molecular complexity index is 985. The number of anilines is 1. The number of alkyl halides is 2. The first-order chi connectivity index (χ1) is 13.0. The number of benzene rings is 1. The van der Waals surface area contributed by atoms with Gasteiger partial charge < -0.3 is 15.8 Å². The molecule has 0 radical (unpaired) electrons. The first-order valence-corrected chi connectivity index (χ1v) is 8.49.